The fourth-order valence-corrected chi connectivity index (χ4v) is 5.12. The Labute approximate surface area is 175 Å². The number of carboxylic acid groups (broad SMARTS) is 1. The molecule has 2 N–H and O–H groups in total. The number of phenolic OH excluding ortho intramolecular Hbond substituents is 1. The van der Waals surface area contributed by atoms with E-state index in [0.717, 1.165) is 49.0 Å². The van der Waals surface area contributed by atoms with Crippen LogP contribution in [0.2, 0.25) is 0 Å². The molecule has 2 atom stereocenters. The molecule has 29 heavy (non-hydrogen) atoms. The lowest BCUT2D eigenvalue weighted by molar-refractivity contribution is -0.137. The molecule has 1 aliphatic carbocycles. The molecule has 0 fully saturated rings. The van der Waals surface area contributed by atoms with Crippen LogP contribution in [-0.4, -0.2) is 21.8 Å². The fourth-order valence-electron chi connectivity index (χ4n) is 5.12. The number of hydrogen-bond acceptors (Lipinski definition) is 3. The molecule has 3 rings (SSSR count). The van der Waals surface area contributed by atoms with Crippen LogP contribution in [-0.2, 0) is 10.2 Å². The number of aliphatic carboxylic acids is 1. The normalized spacial score (nSPS) is 22.9. The van der Waals surface area contributed by atoms with Crippen LogP contribution in [0.4, 0.5) is 0 Å². The largest absolute Gasteiger partial charge is 0.508 e. The number of phenols is 1. The summed E-state index contributed by atoms with van der Waals surface area (Å²) in [6, 6.07) is 4.07. The molecular weight excluding hydrogens is 364 g/mol. The van der Waals surface area contributed by atoms with Crippen LogP contribution in [0.25, 0.3) is 0 Å². The summed E-state index contributed by atoms with van der Waals surface area (Å²) in [4.78, 5) is 10.7. The predicted octanol–water partition coefficient (Wildman–Crippen LogP) is 6.32. The van der Waals surface area contributed by atoms with Gasteiger partial charge in [-0.3, -0.25) is 4.79 Å². The number of hydrogen-bond donors (Lipinski definition) is 2. The first-order chi connectivity index (χ1) is 13.5. The topological polar surface area (TPSA) is 66.8 Å². The maximum atomic E-state index is 11.0. The van der Waals surface area contributed by atoms with Crippen molar-refractivity contribution in [1.29, 1.82) is 0 Å². The Balaban J connectivity index is 1.83. The number of carbonyl (C=O) groups is 1. The molecule has 0 aromatic heterocycles. The van der Waals surface area contributed by atoms with Gasteiger partial charge in [-0.25, -0.2) is 0 Å². The van der Waals surface area contributed by atoms with E-state index in [1.54, 1.807) is 0 Å². The van der Waals surface area contributed by atoms with Gasteiger partial charge in [0.25, 0.3) is 0 Å². The lowest BCUT2D eigenvalue weighted by Gasteiger charge is -2.47. The summed E-state index contributed by atoms with van der Waals surface area (Å²) in [7, 11) is 0. The molecule has 0 unspecified atom stereocenters. The van der Waals surface area contributed by atoms with Crippen molar-refractivity contribution in [1.82, 2.24) is 0 Å². The molecule has 2 aliphatic rings. The third kappa shape index (κ3) is 4.62. The van der Waals surface area contributed by atoms with Crippen molar-refractivity contribution < 1.29 is 19.7 Å². The van der Waals surface area contributed by atoms with Gasteiger partial charge in [0.15, 0.2) is 0 Å². The highest BCUT2D eigenvalue weighted by atomic mass is 16.5. The average Bonchev–Trinajstić information content (AvgIpc) is 2.59. The smallest absolute Gasteiger partial charge is 0.303 e. The summed E-state index contributed by atoms with van der Waals surface area (Å²) in [5.41, 5.74) is 3.08. The molecule has 4 heteroatoms. The second-order valence-electron chi connectivity index (χ2n) is 10.2. The maximum Gasteiger partial charge on any atom is 0.303 e. The summed E-state index contributed by atoms with van der Waals surface area (Å²) < 4.78 is 6.46. The number of allylic oxidation sites excluding steroid dienone is 2. The predicted molar refractivity (Wildman–Crippen MR) is 116 cm³/mol. The van der Waals surface area contributed by atoms with Gasteiger partial charge in [-0.2, -0.15) is 0 Å². The Bertz CT molecular complexity index is 803. The Morgan fingerprint density at radius 2 is 1.97 bits per heavy atom. The van der Waals surface area contributed by atoms with E-state index in [4.69, 9.17) is 9.84 Å². The zero-order valence-electron chi connectivity index (χ0n) is 18.5. The minimum absolute atomic E-state index is 0.109. The third-order valence-corrected chi connectivity index (χ3v) is 6.98. The molecule has 1 aromatic rings. The Morgan fingerprint density at radius 1 is 1.24 bits per heavy atom. The highest BCUT2D eigenvalue weighted by Gasteiger charge is 2.46. The number of aromatic hydroxyl groups is 1. The van der Waals surface area contributed by atoms with Crippen molar-refractivity contribution in [3.05, 3.63) is 34.9 Å². The van der Waals surface area contributed by atoms with Crippen LogP contribution in [0.3, 0.4) is 0 Å². The van der Waals surface area contributed by atoms with Gasteiger partial charge >= 0.3 is 5.97 Å². The van der Waals surface area contributed by atoms with Gasteiger partial charge in [-0.05, 0) is 69.6 Å². The lowest BCUT2D eigenvalue weighted by Crippen LogP contribution is -2.45. The van der Waals surface area contributed by atoms with Crippen molar-refractivity contribution >= 4 is 5.97 Å². The van der Waals surface area contributed by atoms with Crippen LogP contribution in [0, 0.1) is 5.92 Å². The summed E-state index contributed by atoms with van der Waals surface area (Å²) in [6.07, 6.45) is 8.06. The molecular formula is C25H36O4. The molecule has 1 heterocycles. The monoisotopic (exact) mass is 400 g/mol. The summed E-state index contributed by atoms with van der Waals surface area (Å²) in [5, 5.41) is 19.8. The second-order valence-corrected chi connectivity index (χ2v) is 10.2. The molecule has 0 bridgehead atoms. The number of fused-ring (bicyclic) bond motifs is 3. The van der Waals surface area contributed by atoms with Gasteiger partial charge in [-0.15, -0.1) is 0 Å². The SMILES string of the molecule is CC1=CC[C@@H]2[C@@H](C1)c1c(O)cc(C(C)(C)CCCCCC(=O)O)cc1OC2(C)C. The zero-order valence-corrected chi connectivity index (χ0v) is 18.5. The minimum atomic E-state index is -0.727. The molecule has 0 saturated heterocycles. The standard InChI is InChI=1S/C25H36O4/c1-16-10-11-19-18(13-16)23-20(26)14-17(15-21(23)29-25(19,4)5)24(2,3)12-8-6-7-9-22(27)28/h10,14-15,18-19,26H,6-9,11-13H2,1-5H3,(H,27,28)/t18-,19-/m1/s1. The van der Waals surface area contributed by atoms with E-state index in [1.807, 2.05) is 6.07 Å². The molecule has 1 aliphatic heterocycles. The van der Waals surface area contributed by atoms with Crippen LogP contribution in [0.5, 0.6) is 11.5 Å². The Kier molecular flexibility index (Phi) is 6.03. The second kappa shape index (κ2) is 8.04. The van der Waals surface area contributed by atoms with Crippen LogP contribution >= 0.6 is 0 Å². The first-order valence-electron chi connectivity index (χ1n) is 10.9. The molecule has 0 saturated carbocycles. The molecule has 0 radical (unpaired) electrons. The van der Waals surface area contributed by atoms with Gasteiger partial charge in [0.2, 0.25) is 0 Å². The van der Waals surface area contributed by atoms with Gasteiger partial charge in [-0.1, -0.05) is 38.3 Å². The third-order valence-electron chi connectivity index (χ3n) is 6.98. The summed E-state index contributed by atoms with van der Waals surface area (Å²) in [6.45, 7) is 10.9. The van der Waals surface area contributed by atoms with Crippen molar-refractivity contribution in [3.63, 3.8) is 0 Å². The average molecular weight is 401 g/mol. The summed E-state index contributed by atoms with van der Waals surface area (Å²) in [5.74, 6) is 1.14. The van der Waals surface area contributed by atoms with Gasteiger partial charge in [0.05, 0.1) is 0 Å². The molecule has 0 spiro atoms. The van der Waals surface area contributed by atoms with Gasteiger partial charge in [0, 0.05) is 23.8 Å². The van der Waals surface area contributed by atoms with Gasteiger partial charge < -0.3 is 14.9 Å². The number of ether oxygens (including phenoxy) is 1. The number of carboxylic acids is 1. The first-order valence-corrected chi connectivity index (χ1v) is 10.9. The quantitative estimate of drug-likeness (QED) is 0.415. The van der Waals surface area contributed by atoms with E-state index in [2.05, 4.69) is 46.8 Å². The van der Waals surface area contributed by atoms with Crippen molar-refractivity contribution in [2.75, 3.05) is 0 Å². The number of benzene rings is 1. The minimum Gasteiger partial charge on any atom is -0.508 e. The highest BCUT2D eigenvalue weighted by Crippen LogP contribution is 2.54. The van der Waals surface area contributed by atoms with E-state index >= 15 is 0 Å². The van der Waals surface area contributed by atoms with Crippen LogP contribution in [0.1, 0.15) is 96.6 Å². The van der Waals surface area contributed by atoms with Gasteiger partial charge in [0.1, 0.15) is 17.1 Å². The van der Waals surface area contributed by atoms with E-state index in [0.29, 0.717) is 24.0 Å². The van der Waals surface area contributed by atoms with E-state index in [-0.39, 0.29) is 17.4 Å². The van der Waals surface area contributed by atoms with Crippen molar-refractivity contribution in [2.24, 2.45) is 5.92 Å². The van der Waals surface area contributed by atoms with E-state index < -0.39 is 5.97 Å². The van der Waals surface area contributed by atoms with Crippen molar-refractivity contribution in [2.45, 2.75) is 96.5 Å². The van der Waals surface area contributed by atoms with E-state index in [9.17, 15) is 9.90 Å². The molecule has 1 aromatic carbocycles. The molecule has 160 valence electrons. The van der Waals surface area contributed by atoms with Crippen LogP contribution in [0.15, 0.2) is 23.8 Å². The fraction of sp³-hybridized carbons (Fsp3) is 0.640. The Hall–Kier alpha value is -1.97. The Morgan fingerprint density at radius 3 is 2.66 bits per heavy atom. The number of rotatable bonds is 7. The highest BCUT2D eigenvalue weighted by molar-refractivity contribution is 5.66. The number of unbranched alkanes of at least 4 members (excludes halogenated alkanes) is 2. The van der Waals surface area contributed by atoms with E-state index in [1.165, 1.54) is 5.57 Å². The molecule has 0 amide bonds. The lowest BCUT2D eigenvalue weighted by atomic mass is 9.66. The van der Waals surface area contributed by atoms with Crippen LogP contribution < -0.4 is 4.74 Å². The zero-order chi connectivity index (χ0) is 21.4. The first kappa shape index (κ1) is 21.7. The summed E-state index contributed by atoms with van der Waals surface area (Å²) >= 11 is 0. The maximum absolute atomic E-state index is 11.0. The van der Waals surface area contributed by atoms with Crippen molar-refractivity contribution in [3.8, 4) is 11.5 Å². The molecule has 4 nitrogen and oxygen atoms in total.